The van der Waals surface area contributed by atoms with E-state index in [4.69, 9.17) is 4.74 Å². The van der Waals surface area contributed by atoms with Crippen LogP contribution >= 0.6 is 0 Å². The molecule has 31 heavy (non-hydrogen) atoms. The molecule has 4 heteroatoms. The summed E-state index contributed by atoms with van der Waals surface area (Å²) in [5.74, 6) is 0.153. The fraction of sp³-hybridized carbons (Fsp3) is 0.593. The van der Waals surface area contributed by atoms with Crippen molar-refractivity contribution in [2.45, 2.75) is 77.9 Å². The zero-order valence-electron chi connectivity index (χ0n) is 19.3. The lowest BCUT2D eigenvalue weighted by Gasteiger charge is -2.36. The maximum absolute atomic E-state index is 11.3. The number of ether oxygens (including phenoxy) is 1. The Morgan fingerprint density at radius 3 is 2.35 bits per heavy atom. The molecule has 2 aromatic rings. The molecule has 4 rings (SSSR count). The minimum absolute atomic E-state index is 0.181. The van der Waals surface area contributed by atoms with E-state index in [1.807, 2.05) is 0 Å². The smallest absolute Gasteiger partial charge is 0.306 e. The standard InChI is InChI=1S/C27H37NO3/c1-4-25(28-15-11-19(12-16-28)26(29)30)22-6-5-21-18-24(8-7-20(21)17-22)31-23-9-13-27(2,3)14-10-23/h5-8,17-19,23,25H,4,9-16H2,1-3H3,(H,29,30). The van der Waals surface area contributed by atoms with Gasteiger partial charge in [-0.3, -0.25) is 9.69 Å². The van der Waals surface area contributed by atoms with Crippen LogP contribution in [0.1, 0.15) is 77.3 Å². The topological polar surface area (TPSA) is 49.8 Å². The summed E-state index contributed by atoms with van der Waals surface area (Å²) in [7, 11) is 0. The molecule has 1 aliphatic heterocycles. The van der Waals surface area contributed by atoms with Gasteiger partial charge in [0.05, 0.1) is 12.0 Å². The summed E-state index contributed by atoms with van der Waals surface area (Å²) < 4.78 is 6.32. The highest BCUT2D eigenvalue weighted by Crippen LogP contribution is 2.37. The number of hydrogen-bond donors (Lipinski definition) is 1. The zero-order valence-corrected chi connectivity index (χ0v) is 19.3. The quantitative estimate of drug-likeness (QED) is 0.581. The second kappa shape index (κ2) is 9.20. The first-order valence-electron chi connectivity index (χ1n) is 12.0. The van der Waals surface area contributed by atoms with Gasteiger partial charge in [-0.05, 0) is 98.0 Å². The Balaban J connectivity index is 1.44. The van der Waals surface area contributed by atoms with Crippen LogP contribution in [0.5, 0.6) is 5.75 Å². The second-order valence-corrected chi connectivity index (χ2v) is 10.3. The minimum atomic E-state index is -0.645. The first kappa shape index (κ1) is 22.1. The van der Waals surface area contributed by atoms with Crippen LogP contribution in [-0.2, 0) is 4.79 Å². The van der Waals surface area contributed by atoms with Crippen molar-refractivity contribution in [3.8, 4) is 5.75 Å². The molecule has 2 aliphatic rings. The molecule has 0 bridgehead atoms. The summed E-state index contributed by atoms with van der Waals surface area (Å²) in [6.07, 6.45) is 7.61. The highest BCUT2D eigenvalue weighted by atomic mass is 16.5. The molecule has 4 nitrogen and oxygen atoms in total. The van der Waals surface area contributed by atoms with Crippen LogP contribution in [0.4, 0.5) is 0 Å². The average molecular weight is 424 g/mol. The molecule has 0 spiro atoms. The van der Waals surface area contributed by atoms with Gasteiger partial charge in [0.2, 0.25) is 0 Å². The Kier molecular flexibility index (Phi) is 6.57. The molecule has 1 saturated carbocycles. The van der Waals surface area contributed by atoms with Gasteiger partial charge in [-0.25, -0.2) is 0 Å². The van der Waals surface area contributed by atoms with Gasteiger partial charge in [0, 0.05) is 6.04 Å². The number of nitrogens with zero attached hydrogens (tertiary/aromatic N) is 1. The van der Waals surface area contributed by atoms with Crippen molar-refractivity contribution in [2.24, 2.45) is 11.3 Å². The SMILES string of the molecule is CCC(c1ccc2cc(OC3CCC(C)(C)CC3)ccc2c1)N1CCC(C(=O)O)CC1. The zero-order chi connectivity index (χ0) is 22.0. The molecule has 0 aromatic heterocycles. The minimum Gasteiger partial charge on any atom is -0.490 e. The third-order valence-corrected chi connectivity index (χ3v) is 7.52. The predicted molar refractivity (Wildman–Crippen MR) is 126 cm³/mol. The maximum Gasteiger partial charge on any atom is 0.306 e. The van der Waals surface area contributed by atoms with Gasteiger partial charge in [-0.1, -0.05) is 39.0 Å². The third kappa shape index (κ3) is 5.23. The lowest BCUT2D eigenvalue weighted by molar-refractivity contribution is -0.143. The summed E-state index contributed by atoms with van der Waals surface area (Å²) in [4.78, 5) is 13.7. The Labute approximate surface area is 186 Å². The summed E-state index contributed by atoms with van der Waals surface area (Å²) in [5.41, 5.74) is 1.78. The van der Waals surface area contributed by atoms with Gasteiger partial charge in [-0.2, -0.15) is 0 Å². The van der Waals surface area contributed by atoms with E-state index in [1.54, 1.807) is 0 Å². The van der Waals surface area contributed by atoms with Gasteiger partial charge in [0.25, 0.3) is 0 Å². The largest absolute Gasteiger partial charge is 0.490 e. The first-order valence-corrected chi connectivity index (χ1v) is 12.0. The number of carbonyl (C=O) groups is 1. The van der Waals surface area contributed by atoms with E-state index in [-0.39, 0.29) is 5.92 Å². The Hall–Kier alpha value is -2.07. The van der Waals surface area contributed by atoms with Gasteiger partial charge >= 0.3 is 5.97 Å². The third-order valence-electron chi connectivity index (χ3n) is 7.52. The summed E-state index contributed by atoms with van der Waals surface area (Å²) in [6.45, 7) is 8.65. The number of hydrogen-bond acceptors (Lipinski definition) is 3. The highest BCUT2D eigenvalue weighted by molar-refractivity contribution is 5.84. The molecular formula is C27H37NO3. The molecule has 0 radical (unpaired) electrons. The number of piperidine rings is 1. The number of aliphatic carboxylic acids is 1. The molecule has 2 aromatic carbocycles. The van der Waals surface area contributed by atoms with Crippen LogP contribution in [0, 0.1) is 11.3 Å². The molecular weight excluding hydrogens is 386 g/mol. The molecule has 168 valence electrons. The fourth-order valence-electron chi connectivity index (χ4n) is 5.37. The van der Waals surface area contributed by atoms with E-state index in [0.29, 0.717) is 17.6 Å². The number of fused-ring (bicyclic) bond motifs is 1. The van der Waals surface area contributed by atoms with E-state index >= 15 is 0 Å². The molecule has 2 fully saturated rings. The van der Waals surface area contributed by atoms with Gasteiger partial charge < -0.3 is 9.84 Å². The molecule has 1 atom stereocenters. The molecule has 0 amide bonds. The molecule has 1 aliphatic carbocycles. The van der Waals surface area contributed by atoms with Crippen LogP contribution in [0.25, 0.3) is 10.8 Å². The van der Waals surface area contributed by atoms with Gasteiger partial charge in [0.15, 0.2) is 0 Å². The van der Waals surface area contributed by atoms with E-state index in [2.05, 4.69) is 62.1 Å². The van der Waals surface area contributed by atoms with Gasteiger partial charge in [-0.15, -0.1) is 0 Å². The lowest BCUT2D eigenvalue weighted by atomic mass is 9.76. The van der Waals surface area contributed by atoms with Crippen LogP contribution in [-0.4, -0.2) is 35.2 Å². The Morgan fingerprint density at radius 2 is 1.71 bits per heavy atom. The first-order chi connectivity index (χ1) is 14.8. The van der Waals surface area contributed by atoms with Crippen LogP contribution < -0.4 is 4.74 Å². The number of carboxylic acids is 1. The maximum atomic E-state index is 11.3. The van der Waals surface area contributed by atoms with Crippen molar-refractivity contribution in [3.63, 3.8) is 0 Å². The fourth-order valence-corrected chi connectivity index (χ4v) is 5.37. The molecule has 1 unspecified atom stereocenters. The Morgan fingerprint density at radius 1 is 1.06 bits per heavy atom. The van der Waals surface area contributed by atoms with Crippen LogP contribution in [0.3, 0.4) is 0 Å². The summed E-state index contributed by atoms with van der Waals surface area (Å²) in [5, 5.41) is 11.7. The lowest BCUT2D eigenvalue weighted by Crippen LogP contribution is -2.38. The number of rotatable bonds is 6. The van der Waals surface area contributed by atoms with Crippen molar-refractivity contribution in [2.75, 3.05) is 13.1 Å². The predicted octanol–water partition coefficient (Wildman–Crippen LogP) is 6.44. The molecule has 1 saturated heterocycles. The second-order valence-electron chi connectivity index (χ2n) is 10.3. The normalized spacial score (nSPS) is 21.8. The van der Waals surface area contributed by atoms with E-state index in [1.165, 1.54) is 29.2 Å². The number of carboxylic acid groups (broad SMARTS) is 1. The van der Waals surface area contributed by atoms with Crippen molar-refractivity contribution in [1.29, 1.82) is 0 Å². The monoisotopic (exact) mass is 423 g/mol. The van der Waals surface area contributed by atoms with Crippen molar-refractivity contribution in [3.05, 3.63) is 42.0 Å². The van der Waals surface area contributed by atoms with E-state index in [9.17, 15) is 9.90 Å². The molecule has 1 N–H and O–H groups in total. The highest BCUT2D eigenvalue weighted by Gasteiger charge is 2.29. The number of benzene rings is 2. The summed E-state index contributed by atoms with van der Waals surface area (Å²) in [6, 6.07) is 13.6. The van der Waals surface area contributed by atoms with Crippen molar-refractivity contribution < 1.29 is 14.6 Å². The van der Waals surface area contributed by atoms with Gasteiger partial charge in [0.1, 0.15) is 5.75 Å². The van der Waals surface area contributed by atoms with Crippen molar-refractivity contribution in [1.82, 2.24) is 4.90 Å². The van der Waals surface area contributed by atoms with E-state index in [0.717, 1.165) is 50.9 Å². The van der Waals surface area contributed by atoms with E-state index < -0.39 is 5.97 Å². The molecule has 1 heterocycles. The van der Waals surface area contributed by atoms with Crippen LogP contribution in [0.15, 0.2) is 36.4 Å². The van der Waals surface area contributed by atoms with Crippen molar-refractivity contribution >= 4 is 16.7 Å². The average Bonchev–Trinajstić information content (AvgIpc) is 2.76. The van der Waals surface area contributed by atoms with Crippen LogP contribution in [0.2, 0.25) is 0 Å². The number of likely N-dealkylation sites (tertiary alicyclic amines) is 1. The Bertz CT molecular complexity index is 904. The summed E-state index contributed by atoms with van der Waals surface area (Å²) >= 11 is 0.